The third kappa shape index (κ3) is 3.99. The molecule has 1 aromatic heterocycles. The van der Waals surface area contributed by atoms with Crippen molar-refractivity contribution in [2.24, 2.45) is 0 Å². The van der Waals surface area contributed by atoms with Crippen molar-refractivity contribution in [1.82, 2.24) is 10.3 Å². The Morgan fingerprint density at radius 1 is 1.40 bits per heavy atom. The van der Waals surface area contributed by atoms with E-state index < -0.39 is 11.8 Å². The average molecular weight is 202 g/mol. The molecule has 1 rings (SSSR count). The van der Waals surface area contributed by atoms with Gasteiger partial charge in [-0.3, -0.25) is 19.9 Å². The first-order valence-electron chi connectivity index (χ1n) is 4.28. The second-order valence-electron chi connectivity index (χ2n) is 2.68. The topological polar surface area (TPSA) is 59.1 Å². The fourth-order valence-electron chi connectivity index (χ4n) is 0.861. The molecule has 0 aromatic carbocycles. The van der Waals surface area contributed by atoms with E-state index >= 15 is 0 Å². The Morgan fingerprint density at radius 3 is 2.80 bits per heavy atom. The summed E-state index contributed by atoms with van der Waals surface area (Å²) in [5, 5.41) is 2.10. The van der Waals surface area contributed by atoms with E-state index in [9.17, 15) is 9.59 Å². The molecule has 0 atom stereocenters. The van der Waals surface area contributed by atoms with E-state index in [0.717, 1.165) is 11.6 Å². The monoisotopic (exact) mass is 202 g/mol. The van der Waals surface area contributed by atoms with Gasteiger partial charge >= 0.3 is 0 Å². The van der Waals surface area contributed by atoms with Gasteiger partial charge in [0.2, 0.25) is 5.91 Å². The summed E-state index contributed by atoms with van der Waals surface area (Å²) in [6.07, 6.45) is 7.12. The quantitative estimate of drug-likeness (QED) is 0.741. The Morgan fingerprint density at radius 2 is 2.20 bits per heavy atom. The Kier molecular flexibility index (Phi) is 3.97. The van der Waals surface area contributed by atoms with E-state index in [0.29, 0.717) is 0 Å². The van der Waals surface area contributed by atoms with Crippen LogP contribution >= 0.6 is 0 Å². The first-order valence-corrected chi connectivity index (χ1v) is 4.28. The number of amides is 2. The van der Waals surface area contributed by atoms with Gasteiger partial charge in [-0.2, -0.15) is 0 Å². The first-order chi connectivity index (χ1) is 7.22. The number of nitrogens with zero attached hydrogens (tertiary/aromatic N) is 1. The number of pyridine rings is 1. The lowest BCUT2D eigenvalue weighted by molar-refractivity contribution is -0.125. The number of aromatic nitrogens is 1. The number of nitrogens with one attached hydrogen (secondary N) is 1. The maximum atomic E-state index is 11.1. The van der Waals surface area contributed by atoms with Gasteiger partial charge in [-0.1, -0.05) is 12.6 Å². The molecule has 76 valence electrons. The zero-order chi connectivity index (χ0) is 11.1. The molecule has 0 unspecified atom stereocenters. The molecule has 1 heterocycles. The third-order valence-corrected chi connectivity index (χ3v) is 1.54. The molecule has 0 aliphatic rings. The number of carbonyl (C=O) groups is 2. The number of hydrogen-bond acceptors (Lipinski definition) is 3. The molecule has 2 amide bonds. The Labute approximate surface area is 87.3 Å². The molecule has 0 fully saturated rings. The highest BCUT2D eigenvalue weighted by Crippen LogP contribution is 1.97. The van der Waals surface area contributed by atoms with Gasteiger partial charge in [-0.25, -0.2) is 0 Å². The summed E-state index contributed by atoms with van der Waals surface area (Å²) in [5.41, 5.74) is 0.790. The van der Waals surface area contributed by atoms with Gasteiger partial charge in [0.25, 0.3) is 5.91 Å². The molecule has 4 nitrogen and oxygen atoms in total. The fourth-order valence-corrected chi connectivity index (χ4v) is 0.861. The van der Waals surface area contributed by atoms with Crippen LogP contribution in [-0.4, -0.2) is 16.8 Å². The SMILES string of the molecule is C=CC(=O)NC(=O)/C=C/c1cccnc1. The van der Waals surface area contributed by atoms with E-state index in [1.165, 1.54) is 6.08 Å². The van der Waals surface area contributed by atoms with Crippen LogP contribution in [0.25, 0.3) is 6.08 Å². The Balaban J connectivity index is 2.55. The summed E-state index contributed by atoms with van der Waals surface area (Å²) >= 11 is 0. The van der Waals surface area contributed by atoms with Crippen molar-refractivity contribution in [3.63, 3.8) is 0 Å². The summed E-state index contributed by atoms with van der Waals surface area (Å²) in [6, 6.07) is 3.55. The largest absolute Gasteiger partial charge is 0.289 e. The highest BCUT2D eigenvalue weighted by atomic mass is 16.2. The van der Waals surface area contributed by atoms with E-state index in [1.54, 1.807) is 30.6 Å². The molecule has 0 radical (unpaired) electrons. The van der Waals surface area contributed by atoms with Gasteiger partial charge in [0, 0.05) is 18.5 Å². The molecule has 0 saturated carbocycles. The van der Waals surface area contributed by atoms with Gasteiger partial charge in [0.1, 0.15) is 0 Å². The van der Waals surface area contributed by atoms with E-state index in [4.69, 9.17) is 0 Å². The van der Waals surface area contributed by atoms with Crippen LogP contribution in [0.2, 0.25) is 0 Å². The smallest absolute Gasteiger partial charge is 0.250 e. The number of imide groups is 1. The van der Waals surface area contributed by atoms with Gasteiger partial charge in [0.05, 0.1) is 0 Å². The average Bonchev–Trinajstić information content (AvgIpc) is 2.27. The normalized spacial score (nSPS) is 9.87. The summed E-state index contributed by atoms with van der Waals surface area (Å²) in [6.45, 7) is 3.23. The molecule has 4 heteroatoms. The molecule has 0 spiro atoms. The van der Waals surface area contributed by atoms with E-state index in [1.807, 2.05) is 0 Å². The van der Waals surface area contributed by atoms with Gasteiger partial charge < -0.3 is 0 Å². The lowest BCUT2D eigenvalue weighted by Crippen LogP contribution is -2.26. The molecule has 1 N–H and O–H groups in total. The van der Waals surface area contributed by atoms with Gasteiger partial charge in [-0.15, -0.1) is 0 Å². The lowest BCUT2D eigenvalue weighted by atomic mass is 10.2. The van der Waals surface area contributed by atoms with Crippen LogP contribution in [-0.2, 0) is 9.59 Å². The number of rotatable bonds is 3. The van der Waals surface area contributed by atoms with Crippen LogP contribution in [0.3, 0.4) is 0 Å². The van der Waals surface area contributed by atoms with E-state index in [-0.39, 0.29) is 0 Å². The number of carbonyl (C=O) groups excluding carboxylic acids is 2. The van der Waals surface area contributed by atoms with Crippen molar-refractivity contribution in [2.45, 2.75) is 0 Å². The van der Waals surface area contributed by atoms with Crippen molar-refractivity contribution < 1.29 is 9.59 Å². The standard InChI is InChI=1S/C11H10N2O2/c1-2-10(14)13-11(15)6-5-9-4-3-7-12-8-9/h2-8H,1H2,(H,13,14,15)/b6-5+. The zero-order valence-electron chi connectivity index (χ0n) is 8.01. The van der Waals surface area contributed by atoms with Crippen LogP contribution in [0.1, 0.15) is 5.56 Å². The summed E-state index contributed by atoms with van der Waals surface area (Å²) in [4.78, 5) is 25.7. The highest BCUT2D eigenvalue weighted by Gasteiger charge is 1.98. The molecule has 0 aliphatic carbocycles. The third-order valence-electron chi connectivity index (χ3n) is 1.54. The van der Waals surface area contributed by atoms with Crippen molar-refractivity contribution in [1.29, 1.82) is 0 Å². The van der Waals surface area contributed by atoms with Crippen molar-refractivity contribution >= 4 is 17.9 Å². The Bertz CT molecular complexity index is 396. The van der Waals surface area contributed by atoms with Gasteiger partial charge in [0.15, 0.2) is 0 Å². The maximum absolute atomic E-state index is 11.1. The van der Waals surface area contributed by atoms with Crippen LogP contribution in [0.15, 0.2) is 43.3 Å². The van der Waals surface area contributed by atoms with Crippen LogP contribution < -0.4 is 5.32 Å². The predicted molar refractivity (Wildman–Crippen MR) is 56.6 cm³/mol. The molecule has 1 aromatic rings. The predicted octanol–water partition coefficient (Wildman–Crippen LogP) is 0.924. The summed E-state index contributed by atoms with van der Waals surface area (Å²) in [7, 11) is 0. The zero-order valence-corrected chi connectivity index (χ0v) is 8.01. The molecular formula is C11H10N2O2. The minimum atomic E-state index is -0.518. The molecule has 0 saturated heterocycles. The lowest BCUT2D eigenvalue weighted by Gasteiger charge is -1.94. The van der Waals surface area contributed by atoms with Crippen LogP contribution in [0.4, 0.5) is 0 Å². The molecular weight excluding hydrogens is 192 g/mol. The molecule has 0 bridgehead atoms. The van der Waals surface area contributed by atoms with Crippen molar-refractivity contribution in [3.8, 4) is 0 Å². The second kappa shape index (κ2) is 5.49. The fraction of sp³-hybridized carbons (Fsp3) is 0. The maximum Gasteiger partial charge on any atom is 0.250 e. The van der Waals surface area contributed by atoms with Crippen molar-refractivity contribution in [2.75, 3.05) is 0 Å². The minimum absolute atomic E-state index is 0.483. The minimum Gasteiger partial charge on any atom is -0.289 e. The first kappa shape index (κ1) is 10.8. The second-order valence-corrected chi connectivity index (χ2v) is 2.68. The van der Waals surface area contributed by atoms with Crippen molar-refractivity contribution in [3.05, 3.63) is 48.8 Å². The number of hydrogen-bond donors (Lipinski definition) is 1. The Hall–Kier alpha value is -2.23. The molecule has 0 aliphatic heterocycles. The highest BCUT2D eigenvalue weighted by molar-refractivity contribution is 6.06. The van der Waals surface area contributed by atoms with Gasteiger partial charge in [-0.05, 0) is 23.8 Å². The summed E-state index contributed by atoms with van der Waals surface area (Å²) < 4.78 is 0. The van der Waals surface area contributed by atoms with Crippen LogP contribution in [0, 0.1) is 0 Å². The summed E-state index contributed by atoms with van der Waals surface area (Å²) in [5.74, 6) is -1.00. The van der Waals surface area contributed by atoms with E-state index in [2.05, 4.69) is 16.9 Å². The van der Waals surface area contributed by atoms with Crippen LogP contribution in [0.5, 0.6) is 0 Å². The molecule has 15 heavy (non-hydrogen) atoms.